The van der Waals surface area contributed by atoms with Gasteiger partial charge >= 0.3 is 5.97 Å². The van der Waals surface area contributed by atoms with Crippen molar-refractivity contribution in [2.45, 2.75) is 25.0 Å². The molecule has 0 radical (unpaired) electrons. The number of hydrogen-bond donors (Lipinski definition) is 1. The summed E-state index contributed by atoms with van der Waals surface area (Å²) in [6, 6.07) is 21.0. The maximum atomic E-state index is 11.8. The first kappa shape index (κ1) is 25.5. The fraction of sp³-hybridized carbons (Fsp3) is 0.250. The molecule has 4 rings (SSSR count). The Morgan fingerprint density at radius 2 is 1.88 bits per heavy atom. The van der Waals surface area contributed by atoms with Gasteiger partial charge in [0, 0.05) is 11.3 Å². The number of rotatable bonds is 11. The monoisotopic (exact) mass is 499 g/mol. The standard InChI is InChI=1S/C24H25N5O3S.ClH/c1-2-31-23(30)19-11-9-18(10-12-19)22-14-13-21(32-22)17-25-15-6-16-33-24-26-27-28-29(24)20-7-4-3-5-8-20;/h3-5,7-14,25H,2,6,15-17H2,1H3;1H. The molecule has 0 atom stereocenters. The van der Waals surface area contributed by atoms with Crippen molar-refractivity contribution in [3.05, 3.63) is 78.1 Å². The zero-order valence-electron chi connectivity index (χ0n) is 18.7. The third-order valence-electron chi connectivity index (χ3n) is 4.81. The van der Waals surface area contributed by atoms with Crippen LogP contribution in [0.15, 0.2) is 76.3 Å². The second-order valence-corrected chi connectivity index (χ2v) is 8.21. The maximum Gasteiger partial charge on any atom is 0.338 e. The van der Waals surface area contributed by atoms with E-state index in [0.717, 1.165) is 46.6 Å². The highest BCUT2D eigenvalue weighted by molar-refractivity contribution is 7.99. The van der Waals surface area contributed by atoms with Crippen LogP contribution in [-0.4, -0.2) is 45.1 Å². The van der Waals surface area contributed by atoms with E-state index in [9.17, 15) is 4.79 Å². The SMILES string of the molecule is CCOC(=O)c1ccc(-c2ccc(CNCCCSc3nnnn3-c3ccccc3)o2)cc1.Cl. The molecule has 0 aliphatic heterocycles. The molecule has 0 saturated carbocycles. The molecule has 0 spiro atoms. The first-order chi connectivity index (χ1) is 16.2. The lowest BCUT2D eigenvalue weighted by Gasteiger charge is -2.05. The number of benzene rings is 2. The van der Waals surface area contributed by atoms with Crippen LogP contribution in [0.4, 0.5) is 0 Å². The number of halogens is 1. The van der Waals surface area contributed by atoms with E-state index in [1.54, 1.807) is 35.5 Å². The molecule has 2 aromatic carbocycles. The van der Waals surface area contributed by atoms with Crippen molar-refractivity contribution in [2.75, 3.05) is 18.9 Å². The minimum Gasteiger partial charge on any atom is -0.462 e. The summed E-state index contributed by atoms with van der Waals surface area (Å²) in [6.07, 6.45) is 0.967. The summed E-state index contributed by atoms with van der Waals surface area (Å²) in [5.74, 6) is 2.21. The summed E-state index contributed by atoms with van der Waals surface area (Å²) >= 11 is 1.63. The van der Waals surface area contributed by atoms with Crippen molar-refractivity contribution in [1.29, 1.82) is 0 Å². The number of nitrogens with one attached hydrogen (secondary N) is 1. The fourth-order valence-corrected chi connectivity index (χ4v) is 4.02. The van der Waals surface area contributed by atoms with E-state index in [0.29, 0.717) is 18.7 Å². The van der Waals surface area contributed by atoms with E-state index in [1.165, 1.54) is 0 Å². The highest BCUT2D eigenvalue weighted by Gasteiger charge is 2.10. The Labute approximate surface area is 208 Å². The Kier molecular flexibility index (Phi) is 9.69. The van der Waals surface area contributed by atoms with Gasteiger partial charge in [-0.2, -0.15) is 4.68 Å². The van der Waals surface area contributed by atoms with Gasteiger partial charge in [-0.1, -0.05) is 42.1 Å². The molecule has 2 aromatic heterocycles. The minimum absolute atomic E-state index is 0. The normalized spacial score (nSPS) is 10.6. The first-order valence-electron chi connectivity index (χ1n) is 10.8. The molecule has 178 valence electrons. The third-order valence-corrected chi connectivity index (χ3v) is 5.82. The van der Waals surface area contributed by atoms with Crippen molar-refractivity contribution in [3.63, 3.8) is 0 Å². The zero-order chi connectivity index (χ0) is 22.9. The molecule has 1 N–H and O–H groups in total. The maximum absolute atomic E-state index is 11.8. The van der Waals surface area contributed by atoms with E-state index in [2.05, 4.69) is 20.8 Å². The smallest absolute Gasteiger partial charge is 0.338 e. The van der Waals surface area contributed by atoms with E-state index in [1.807, 2.05) is 54.6 Å². The van der Waals surface area contributed by atoms with E-state index < -0.39 is 0 Å². The van der Waals surface area contributed by atoms with Crippen LogP contribution in [0.3, 0.4) is 0 Å². The average Bonchev–Trinajstić information content (AvgIpc) is 3.52. The van der Waals surface area contributed by atoms with Crippen LogP contribution in [0.2, 0.25) is 0 Å². The predicted octanol–water partition coefficient (Wildman–Crippen LogP) is 4.79. The third kappa shape index (κ3) is 6.69. The van der Waals surface area contributed by atoms with Crippen molar-refractivity contribution < 1.29 is 13.9 Å². The lowest BCUT2D eigenvalue weighted by atomic mass is 10.1. The van der Waals surface area contributed by atoms with Gasteiger partial charge in [-0.15, -0.1) is 17.5 Å². The lowest BCUT2D eigenvalue weighted by molar-refractivity contribution is 0.0526. The topological polar surface area (TPSA) is 95.1 Å². The Hall–Kier alpha value is -3.14. The second kappa shape index (κ2) is 12.9. The molecule has 4 aromatic rings. The lowest BCUT2D eigenvalue weighted by Crippen LogP contribution is -2.14. The number of carbonyl (C=O) groups excluding carboxylic acids is 1. The van der Waals surface area contributed by atoms with Gasteiger partial charge in [0.05, 0.1) is 24.4 Å². The summed E-state index contributed by atoms with van der Waals surface area (Å²) < 4.78 is 12.7. The number of ether oxygens (including phenoxy) is 1. The molecule has 0 aliphatic rings. The van der Waals surface area contributed by atoms with Gasteiger partial charge in [0.15, 0.2) is 0 Å². The number of thioether (sulfide) groups is 1. The van der Waals surface area contributed by atoms with Gasteiger partial charge in [-0.25, -0.2) is 4.79 Å². The highest BCUT2D eigenvalue weighted by atomic mass is 35.5. The summed E-state index contributed by atoms with van der Waals surface area (Å²) in [7, 11) is 0. The Bertz CT molecular complexity index is 1160. The van der Waals surface area contributed by atoms with Crippen LogP contribution >= 0.6 is 24.2 Å². The van der Waals surface area contributed by atoms with Crippen LogP contribution < -0.4 is 5.32 Å². The molecule has 0 saturated heterocycles. The number of tetrazole rings is 1. The van der Waals surface area contributed by atoms with Crippen molar-refractivity contribution >= 4 is 30.1 Å². The summed E-state index contributed by atoms with van der Waals surface area (Å²) in [5, 5.41) is 16.2. The van der Waals surface area contributed by atoms with Gasteiger partial charge in [-0.05, 0) is 66.7 Å². The predicted molar refractivity (Wildman–Crippen MR) is 134 cm³/mol. The number of aromatic nitrogens is 4. The highest BCUT2D eigenvalue weighted by Crippen LogP contribution is 2.23. The van der Waals surface area contributed by atoms with E-state index >= 15 is 0 Å². The molecule has 0 amide bonds. The van der Waals surface area contributed by atoms with Crippen LogP contribution in [0.5, 0.6) is 0 Å². The summed E-state index contributed by atoms with van der Waals surface area (Å²) in [6.45, 7) is 3.65. The Morgan fingerprint density at radius 1 is 1.09 bits per heavy atom. The molecular formula is C24H26ClN5O3S. The van der Waals surface area contributed by atoms with Crippen LogP contribution in [0.1, 0.15) is 29.5 Å². The molecular weight excluding hydrogens is 474 g/mol. The van der Waals surface area contributed by atoms with Crippen molar-refractivity contribution in [1.82, 2.24) is 25.5 Å². The average molecular weight is 500 g/mol. The van der Waals surface area contributed by atoms with Gasteiger partial charge in [-0.3, -0.25) is 0 Å². The number of furan rings is 1. The Balaban J connectivity index is 0.00000324. The molecule has 0 bridgehead atoms. The molecule has 8 nitrogen and oxygen atoms in total. The second-order valence-electron chi connectivity index (χ2n) is 7.15. The van der Waals surface area contributed by atoms with Crippen LogP contribution in [-0.2, 0) is 11.3 Å². The summed E-state index contributed by atoms with van der Waals surface area (Å²) in [5.41, 5.74) is 2.40. The van der Waals surface area contributed by atoms with Crippen LogP contribution in [0.25, 0.3) is 17.0 Å². The zero-order valence-corrected chi connectivity index (χ0v) is 20.3. The van der Waals surface area contributed by atoms with Crippen LogP contribution in [0, 0.1) is 0 Å². The van der Waals surface area contributed by atoms with Crippen molar-refractivity contribution in [3.8, 4) is 17.0 Å². The molecule has 0 fully saturated rings. The Morgan fingerprint density at radius 3 is 2.65 bits per heavy atom. The van der Waals surface area contributed by atoms with Crippen molar-refractivity contribution in [2.24, 2.45) is 0 Å². The number of hydrogen-bond acceptors (Lipinski definition) is 8. The van der Waals surface area contributed by atoms with E-state index in [4.69, 9.17) is 9.15 Å². The number of nitrogens with zero attached hydrogens (tertiary/aromatic N) is 4. The van der Waals surface area contributed by atoms with Gasteiger partial charge in [0.1, 0.15) is 11.5 Å². The van der Waals surface area contributed by atoms with E-state index in [-0.39, 0.29) is 18.4 Å². The van der Waals surface area contributed by atoms with Gasteiger partial charge in [0.2, 0.25) is 5.16 Å². The van der Waals surface area contributed by atoms with Gasteiger partial charge < -0.3 is 14.5 Å². The number of para-hydroxylation sites is 1. The minimum atomic E-state index is -0.317. The van der Waals surface area contributed by atoms with Gasteiger partial charge in [0.25, 0.3) is 0 Å². The largest absolute Gasteiger partial charge is 0.462 e. The first-order valence-corrected chi connectivity index (χ1v) is 11.8. The molecule has 0 unspecified atom stereocenters. The number of esters is 1. The molecule has 34 heavy (non-hydrogen) atoms. The fourth-order valence-electron chi connectivity index (χ4n) is 3.19. The molecule has 0 aliphatic carbocycles. The quantitative estimate of drug-likeness (QED) is 0.179. The number of carbonyl (C=O) groups is 1. The molecule has 10 heteroatoms. The summed E-state index contributed by atoms with van der Waals surface area (Å²) in [4.78, 5) is 11.8. The molecule has 2 heterocycles.